The van der Waals surface area contributed by atoms with Crippen molar-refractivity contribution in [2.75, 3.05) is 24.6 Å². The van der Waals surface area contributed by atoms with Gasteiger partial charge in [0.05, 0.1) is 10.6 Å². The van der Waals surface area contributed by atoms with Gasteiger partial charge in [0.15, 0.2) is 9.84 Å². The fourth-order valence-corrected chi connectivity index (χ4v) is 5.56. The van der Waals surface area contributed by atoms with Crippen molar-refractivity contribution in [1.29, 1.82) is 0 Å². The Morgan fingerprint density at radius 1 is 1.00 bits per heavy atom. The van der Waals surface area contributed by atoms with Gasteiger partial charge < -0.3 is 4.90 Å². The van der Waals surface area contributed by atoms with E-state index >= 15 is 0 Å². The van der Waals surface area contributed by atoms with Crippen molar-refractivity contribution in [3.05, 3.63) is 66.2 Å². The van der Waals surface area contributed by atoms with E-state index in [1.165, 1.54) is 5.56 Å². The highest BCUT2D eigenvalue weighted by molar-refractivity contribution is 7.99. The van der Waals surface area contributed by atoms with Crippen LogP contribution in [0.5, 0.6) is 0 Å². The first kappa shape index (κ1) is 19.0. The van der Waals surface area contributed by atoms with Gasteiger partial charge in [-0.3, -0.25) is 4.79 Å². The molecule has 0 N–H and O–H groups in total. The molecule has 138 valence electrons. The van der Waals surface area contributed by atoms with Crippen LogP contribution >= 0.6 is 11.8 Å². The van der Waals surface area contributed by atoms with Crippen LogP contribution in [0.3, 0.4) is 0 Å². The minimum Gasteiger partial charge on any atom is -0.342 e. The SMILES string of the molecule is O=C(CCS(=O)(=O)c1ccccc1)N1CCS[C@@H](c2ccccc2)CC1. The highest BCUT2D eigenvalue weighted by Crippen LogP contribution is 2.34. The summed E-state index contributed by atoms with van der Waals surface area (Å²) in [7, 11) is -3.41. The number of hydrogen-bond donors (Lipinski definition) is 0. The highest BCUT2D eigenvalue weighted by atomic mass is 32.2. The zero-order valence-electron chi connectivity index (χ0n) is 14.6. The lowest BCUT2D eigenvalue weighted by Crippen LogP contribution is -2.34. The topological polar surface area (TPSA) is 54.5 Å². The second-order valence-electron chi connectivity index (χ2n) is 6.32. The van der Waals surface area contributed by atoms with E-state index in [0.29, 0.717) is 18.3 Å². The molecule has 1 heterocycles. The molecule has 0 bridgehead atoms. The predicted octanol–water partition coefficient (Wildman–Crippen LogP) is 3.56. The number of amides is 1. The lowest BCUT2D eigenvalue weighted by Gasteiger charge is -2.20. The third-order valence-corrected chi connectivity index (χ3v) is 7.61. The van der Waals surface area contributed by atoms with E-state index in [1.54, 1.807) is 30.3 Å². The van der Waals surface area contributed by atoms with Crippen molar-refractivity contribution in [3.8, 4) is 0 Å². The molecule has 6 heteroatoms. The number of rotatable bonds is 5. The highest BCUT2D eigenvalue weighted by Gasteiger charge is 2.23. The molecule has 1 fully saturated rings. The average Bonchev–Trinajstić information content (AvgIpc) is 2.94. The largest absolute Gasteiger partial charge is 0.342 e. The molecule has 0 radical (unpaired) electrons. The second-order valence-corrected chi connectivity index (χ2v) is 9.74. The lowest BCUT2D eigenvalue weighted by atomic mass is 10.1. The molecule has 1 saturated heterocycles. The Balaban J connectivity index is 1.55. The van der Waals surface area contributed by atoms with Crippen molar-refractivity contribution in [2.24, 2.45) is 0 Å². The number of nitrogens with zero attached hydrogens (tertiary/aromatic N) is 1. The molecule has 0 aliphatic carbocycles. The van der Waals surface area contributed by atoms with Crippen LogP contribution in [0.1, 0.15) is 23.7 Å². The fourth-order valence-electron chi connectivity index (χ4n) is 3.08. The third-order valence-electron chi connectivity index (χ3n) is 4.55. The Kier molecular flexibility index (Phi) is 6.38. The normalized spacial score (nSPS) is 18.3. The molecular formula is C20H23NO3S2. The summed E-state index contributed by atoms with van der Waals surface area (Å²) >= 11 is 1.87. The van der Waals surface area contributed by atoms with Gasteiger partial charge in [0.1, 0.15) is 0 Å². The number of thioether (sulfide) groups is 1. The minimum atomic E-state index is -3.41. The van der Waals surface area contributed by atoms with Crippen molar-refractivity contribution in [1.82, 2.24) is 4.90 Å². The smallest absolute Gasteiger partial charge is 0.223 e. The van der Waals surface area contributed by atoms with Crippen LogP contribution in [0.4, 0.5) is 0 Å². The van der Waals surface area contributed by atoms with Crippen LogP contribution in [0.2, 0.25) is 0 Å². The maximum absolute atomic E-state index is 12.5. The minimum absolute atomic E-state index is 0.0396. The van der Waals surface area contributed by atoms with Gasteiger partial charge in [0.25, 0.3) is 0 Å². The Morgan fingerprint density at radius 2 is 1.65 bits per heavy atom. The summed E-state index contributed by atoms with van der Waals surface area (Å²) in [6, 6.07) is 18.7. The van der Waals surface area contributed by atoms with Crippen LogP contribution in [0.25, 0.3) is 0 Å². The first-order valence-electron chi connectivity index (χ1n) is 8.78. The van der Waals surface area contributed by atoms with Gasteiger partial charge in [-0.05, 0) is 24.1 Å². The fraction of sp³-hybridized carbons (Fsp3) is 0.350. The van der Waals surface area contributed by atoms with Crippen LogP contribution in [-0.4, -0.2) is 43.8 Å². The number of hydrogen-bond acceptors (Lipinski definition) is 4. The van der Waals surface area contributed by atoms with Crippen LogP contribution in [-0.2, 0) is 14.6 Å². The van der Waals surface area contributed by atoms with E-state index in [2.05, 4.69) is 12.1 Å². The summed E-state index contributed by atoms with van der Waals surface area (Å²) in [6.07, 6.45) is 0.934. The molecular weight excluding hydrogens is 366 g/mol. The van der Waals surface area contributed by atoms with Crippen LogP contribution in [0.15, 0.2) is 65.6 Å². The third kappa shape index (κ3) is 4.89. The predicted molar refractivity (Wildman–Crippen MR) is 106 cm³/mol. The van der Waals surface area contributed by atoms with Gasteiger partial charge >= 0.3 is 0 Å². The van der Waals surface area contributed by atoms with E-state index in [4.69, 9.17) is 0 Å². The van der Waals surface area contributed by atoms with E-state index in [-0.39, 0.29) is 23.0 Å². The molecule has 1 aliphatic heterocycles. The molecule has 1 atom stereocenters. The van der Waals surface area contributed by atoms with Gasteiger partial charge in [-0.25, -0.2) is 8.42 Å². The Bertz CT molecular complexity index is 823. The molecule has 1 amide bonds. The van der Waals surface area contributed by atoms with E-state index in [9.17, 15) is 13.2 Å². The molecule has 3 rings (SSSR count). The average molecular weight is 390 g/mol. The van der Waals surface area contributed by atoms with Gasteiger partial charge in [-0.1, -0.05) is 48.5 Å². The zero-order valence-corrected chi connectivity index (χ0v) is 16.2. The maximum atomic E-state index is 12.5. The van der Waals surface area contributed by atoms with Crippen LogP contribution in [0, 0.1) is 0 Å². The van der Waals surface area contributed by atoms with Gasteiger partial charge in [0.2, 0.25) is 5.91 Å². The first-order valence-corrected chi connectivity index (χ1v) is 11.5. The summed E-state index contributed by atoms with van der Waals surface area (Å²) in [5, 5.41) is 0.391. The van der Waals surface area contributed by atoms with Gasteiger partial charge in [-0.15, -0.1) is 0 Å². The number of carbonyl (C=O) groups excluding carboxylic acids is 1. The molecule has 2 aromatic carbocycles. The molecule has 0 unspecified atom stereocenters. The summed E-state index contributed by atoms with van der Waals surface area (Å²) < 4.78 is 24.7. The Morgan fingerprint density at radius 3 is 2.35 bits per heavy atom. The quantitative estimate of drug-likeness (QED) is 0.785. The summed E-state index contributed by atoms with van der Waals surface area (Å²) in [5.41, 5.74) is 1.29. The van der Waals surface area contributed by atoms with Crippen molar-refractivity contribution < 1.29 is 13.2 Å². The summed E-state index contributed by atoms with van der Waals surface area (Å²) in [4.78, 5) is 14.6. The Hall–Kier alpha value is -1.79. The van der Waals surface area contributed by atoms with Crippen molar-refractivity contribution in [2.45, 2.75) is 23.0 Å². The van der Waals surface area contributed by atoms with Gasteiger partial charge in [0, 0.05) is 30.5 Å². The first-order chi connectivity index (χ1) is 12.6. The Labute approximate surface area is 159 Å². The van der Waals surface area contributed by atoms with E-state index in [0.717, 1.165) is 12.2 Å². The molecule has 26 heavy (non-hydrogen) atoms. The molecule has 4 nitrogen and oxygen atoms in total. The second kappa shape index (κ2) is 8.73. The molecule has 0 spiro atoms. The van der Waals surface area contributed by atoms with Gasteiger partial charge in [-0.2, -0.15) is 11.8 Å². The van der Waals surface area contributed by atoms with Crippen molar-refractivity contribution >= 4 is 27.5 Å². The monoisotopic (exact) mass is 389 g/mol. The van der Waals surface area contributed by atoms with E-state index in [1.807, 2.05) is 34.9 Å². The van der Waals surface area contributed by atoms with Crippen molar-refractivity contribution in [3.63, 3.8) is 0 Å². The molecule has 0 saturated carbocycles. The maximum Gasteiger partial charge on any atom is 0.223 e. The molecule has 1 aliphatic rings. The lowest BCUT2D eigenvalue weighted by molar-refractivity contribution is -0.130. The summed E-state index contributed by atoms with van der Waals surface area (Å²) in [5.74, 6) is 0.664. The zero-order chi connectivity index (χ0) is 18.4. The standard InChI is InChI=1S/C20H23NO3S2/c22-20(12-16-26(23,24)18-9-5-2-6-10-18)21-13-11-19(25-15-14-21)17-7-3-1-4-8-17/h1-10,19H,11-16H2/t19-/m1/s1. The number of sulfone groups is 1. The van der Waals surface area contributed by atoms with E-state index < -0.39 is 9.84 Å². The number of carbonyl (C=O) groups is 1. The summed E-state index contributed by atoms with van der Waals surface area (Å²) in [6.45, 7) is 1.36. The van der Waals surface area contributed by atoms with Crippen LogP contribution < -0.4 is 0 Å². The molecule has 2 aromatic rings. The number of benzene rings is 2. The molecule has 0 aromatic heterocycles.